The maximum absolute atomic E-state index is 13.7. The molecule has 6 rings (SSSR count). The lowest BCUT2D eigenvalue weighted by Gasteiger charge is -2.24. The Morgan fingerprint density at radius 1 is 1.00 bits per heavy atom. The first-order chi connectivity index (χ1) is 19.9. The summed E-state index contributed by atoms with van der Waals surface area (Å²) in [7, 11) is -3.90. The van der Waals surface area contributed by atoms with Crippen molar-refractivity contribution >= 4 is 50.2 Å². The number of benzene rings is 2. The number of nitrogens with one attached hydrogen (secondary N) is 4. The van der Waals surface area contributed by atoms with E-state index in [-0.39, 0.29) is 28.6 Å². The second-order valence-corrected chi connectivity index (χ2v) is 12.4. The fourth-order valence-corrected chi connectivity index (χ4v) is 6.57. The zero-order valence-corrected chi connectivity index (χ0v) is 23.7. The highest BCUT2D eigenvalue weighted by Crippen LogP contribution is 2.29. The summed E-state index contributed by atoms with van der Waals surface area (Å²) in [5.74, 6) is 0.799. The quantitative estimate of drug-likeness (QED) is 0.253. The van der Waals surface area contributed by atoms with Gasteiger partial charge in [0.2, 0.25) is 5.95 Å². The smallest absolute Gasteiger partial charge is 0.321 e. The molecular formula is C29H34N8O3S. The zero-order valence-electron chi connectivity index (χ0n) is 22.9. The number of carbonyl (C=O) groups excluding carboxylic acids is 1. The van der Waals surface area contributed by atoms with Crippen molar-refractivity contribution in [2.75, 3.05) is 42.1 Å². The number of rotatable bonds is 7. The molecule has 4 aromatic rings. The van der Waals surface area contributed by atoms with Gasteiger partial charge in [-0.3, -0.25) is 0 Å². The molecule has 12 heteroatoms. The highest BCUT2D eigenvalue weighted by Gasteiger charge is 2.24. The van der Waals surface area contributed by atoms with Crippen LogP contribution in [0.15, 0.2) is 65.7 Å². The van der Waals surface area contributed by atoms with E-state index < -0.39 is 10.0 Å². The molecule has 0 bridgehead atoms. The minimum Gasteiger partial charge on any atom is -0.365 e. The van der Waals surface area contributed by atoms with E-state index in [9.17, 15) is 13.2 Å². The van der Waals surface area contributed by atoms with E-state index >= 15 is 0 Å². The molecule has 2 saturated heterocycles. The number of nitrogens with zero attached hydrogens (tertiary/aromatic N) is 4. The number of hydrogen-bond acceptors (Lipinski definition) is 8. The van der Waals surface area contributed by atoms with Crippen molar-refractivity contribution in [3.63, 3.8) is 0 Å². The highest BCUT2D eigenvalue weighted by atomic mass is 32.2. The topological polar surface area (TPSA) is 133 Å². The van der Waals surface area contributed by atoms with Crippen molar-refractivity contribution < 1.29 is 13.2 Å². The number of amides is 2. The Labute approximate surface area is 239 Å². The number of hydrogen-bond donors (Lipinski definition) is 4. The van der Waals surface area contributed by atoms with E-state index in [1.165, 1.54) is 10.2 Å². The third-order valence-electron chi connectivity index (χ3n) is 7.49. The lowest BCUT2D eigenvalue weighted by molar-refractivity contribution is 0.222. The summed E-state index contributed by atoms with van der Waals surface area (Å²) in [5, 5.41) is 13.7. The normalized spacial score (nSPS) is 17.5. The van der Waals surface area contributed by atoms with E-state index in [2.05, 4.69) is 26.3 Å². The molecule has 2 fully saturated rings. The summed E-state index contributed by atoms with van der Waals surface area (Å²) in [6, 6.07) is 15.8. The van der Waals surface area contributed by atoms with Crippen LogP contribution in [0.2, 0.25) is 0 Å². The summed E-state index contributed by atoms with van der Waals surface area (Å²) in [4.78, 5) is 24.0. The zero-order chi connectivity index (χ0) is 28.4. The van der Waals surface area contributed by atoms with Crippen LogP contribution in [-0.4, -0.2) is 65.5 Å². The Morgan fingerprint density at radius 3 is 2.54 bits per heavy atom. The van der Waals surface area contributed by atoms with Gasteiger partial charge in [-0.15, -0.1) is 0 Å². The number of fused-ring (bicyclic) bond motifs is 1. The molecule has 2 aliphatic heterocycles. The van der Waals surface area contributed by atoms with Crippen molar-refractivity contribution in [2.45, 2.75) is 43.5 Å². The summed E-state index contributed by atoms with van der Waals surface area (Å²) < 4.78 is 28.5. The van der Waals surface area contributed by atoms with Crippen LogP contribution in [0.25, 0.3) is 11.0 Å². The van der Waals surface area contributed by atoms with Gasteiger partial charge in [0, 0.05) is 43.2 Å². The summed E-state index contributed by atoms with van der Waals surface area (Å²) in [5.41, 5.74) is 2.55. The molecule has 2 aromatic heterocycles. The summed E-state index contributed by atoms with van der Waals surface area (Å²) in [6.07, 6.45) is 5.57. The van der Waals surface area contributed by atoms with Gasteiger partial charge in [-0.25, -0.2) is 17.2 Å². The summed E-state index contributed by atoms with van der Waals surface area (Å²) >= 11 is 0. The number of carbonyl (C=O) groups is 1. The third-order valence-corrected chi connectivity index (χ3v) is 9.17. The van der Waals surface area contributed by atoms with Gasteiger partial charge >= 0.3 is 6.03 Å². The highest BCUT2D eigenvalue weighted by molar-refractivity contribution is 7.90. The predicted octanol–water partition coefficient (Wildman–Crippen LogP) is 4.51. The molecule has 1 unspecified atom stereocenters. The van der Waals surface area contributed by atoms with Gasteiger partial charge in [0.1, 0.15) is 5.82 Å². The van der Waals surface area contributed by atoms with Crippen molar-refractivity contribution in [2.24, 2.45) is 0 Å². The van der Waals surface area contributed by atoms with Crippen LogP contribution in [0.5, 0.6) is 0 Å². The number of anilines is 4. The van der Waals surface area contributed by atoms with Gasteiger partial charge in [-0.2, -0.15) is 9.97 Å². The molecule has 2 aliphatic rings. The molecule has 0 radical (unpaired) electrons. The second-order valence-electron chi connectivity index (χ2n) is 10.6. The van der Waals surface area contributed by atoms with Crippen LogP contribution in [-0.2, 0) is 10.0 Å². The monoisotopic (exact) mass is 574 g/mol. The Bertz CT molecular complexity index is 1660. The average molecular weight is 575 g/mol. The average Bonchev–Trinajstić information content (AvgIpc) is 3.66. The summed E-state index contributed by atoms with van der Waals surface area (Å²) in [6.45, 7) is 5.19. The number of aryl methyl sites for hydroxylation is 1. The molecule has 2 aromatic carbocycles. The van der Waals surface area contributed by atoms with E-state index in [4.69, 9.17) is 4.98 Å². The number of piperidine rings is 1. The molecule has 4 N–H and O–H groups in total. The van der Waals surface area contributed by atoms with Crippen molar-refractivity contribution in [3.8, 4) is 0 Å². The van der Waals surface area contributed by atoms with Crippen LogP contribution >= 0.6 is 0 Å². The lowest BCUT2D eigenvalue weighted by atomic mass is 10.1. The predicted molar refractivity (Wildman–Crippen MR) is 160 cm³/mol. The van der Waals surface area contributed by atoms with Gasteiger partial charge in [-0.05, 0) is 75.5 Å². The van der Waals surface area contributed by atoms with E-state index in [0.717, 1.165) is 57.4 Å². The maximum Gasteiger partial charge on any atom is 0.321 e. The molecule has 214 valence electrons. The van der Waals surface area contributed by atoms with Gasteiger partial charge in [0.25, 0.3) is 10.0 Å². The Morgan fingerprint density at radius 2 is 1.78 bits per heavy atom. The third kappa shape index (κ3) is 5.84. The van der Waals surface area contributed by atoms with E-state index in [1.807, 2.05) is 31.2 Å². The second kappa shape index (κ2) is 11.4. The van der Waals surface area contributed by atoms with Crippen molar-refractivity contribution in [3.05, 3.63) is 66.4 Å². The Kier molecular flexibility index (Phi) is 7.50. The molecular weight excluding hydrogens is 540 g/mol. The minimum absolute atomic E-state index is 0.121. The number of aromatic nitrogens is 3. The Balaban J connectivity index is 1.35. The minimum atomic E-state index is -3.90. The van der Waals surface area contributed by atoms with Gasteiger partial charge in [0.15, 0.2) is 5.65 Å². The van der Waals surface area contributed by atoms with Crippen LogP contribution in [0.3, 0.4) is 0 Å². The number of urea groups is 1. The molecule has 0 aliphatic carbocycles. The fraction of sp³-hybridized carbons (Fsp3) is 0.345. The molecule has 4 heterocycles. The van der Waals surface area contributed by atoms with Crippen LogP contribution in [0, 0.1) is 6.92 Å². The molecule has 0 spiro atoms. The largest absolute Gasteiger partial charge is 0.365 e. The van der Waals surface area contributed by atoms with Crippen LogP contribution in [0.4, 0.5) is 27.9 Å². The van der Waals surface area contributed by atoms with Crippen LogP contribution < -0.4 is 21.3 Å². The van der Waals surface area contributed by atoms with E-state index in [1.54, 1.807) is 35.2 Å². The number of likely N-dealkylation sites (tertiary alicyclic amines) is 1. The first kappa shape index (κ1) is 27.0. The van der Waals surface area contributed by atoms with Gasteiger partial charge in [-0.1, -0.05) is 23.8 Å². The SMILES string of the molecule is Cc1ccc(S(=O)(=O)n2ccc3c(NC4CCCNC4)nc(Nc4cccc(NC(=O)N5CCCC5)c4)nc32)cc1. The van der Waals surface area contributed by atoms with Crippen molar-refractivity contribution in [1.29, 1.82) is 0 Å². The maximum atomic E-state index is 13.7. The van der Waals surface area contributed by atoms with Gasteiger partial charge in [0.05, 0.1) is 10.3 Å². The lowest BCUT2D eigenvalue weighted by Crippen LogP contribution is -2.38. The molecule has 11 nitrogen and oxygen atoms in total. The van der Waals surface area contributed by atoms with Crippen molar-refractivity contribution in [1.82, 2.24) is 24.2 Å². The molecule has 41 heavy (non-hydrogen) atoms. The fourth-order valence-electron chi connectivity index (χ4n) is 5.27. The van der Waals surface area contributed by atoms with E-state index in [0.29, 0.717) is 22.6 Å². The van der Waals surface area contributed by atoms with Gasteiger partial charge < -0.3 is 26.2 Å². The first-order valence-electron chi connectivity index (χ1n) is 14.0. The molecule has 1 atom stereocenters. The first-order valence-corrected chi connectivity index (χ1v) is 15.4. The molecule has 0 saturated carbocycles. The standard InChI is InChI=1S/C29H34N8O3S/c1-20-9-11-24(12-10-20)41(39,40)37-17-13-25-26(31-23-8-5-14-30-19-23)34-28(35-27(25)37)32-21-6-4-7-22(18-21)33-29(38)36-15-2-3-16-36/h4,6-7,9-13,17-18,23,30H,2-3,5,8,14-16,19H2,1H3,(H,33,38)(H2,31,32,34,35). The molecule has 2 amide bonds. The van der Waals surface area contributed by atoms with Crippen LogP contribution in [0.1, 0.15) is 31.2 Å². The Hall–Kier alpha value is -4.16.